The number of fused-ring (bicyclic) bond motifs is 2. The van der Waals surface area contributed by atoms with Gasteiger partial charge in [-0.15, -0.1) is 0 Å². The van der Waals surface area contributed by atoms with Crippen molar-refractivity contribution in [3.63, 3.8) is 0 Å². The van der Waals surface area contributed by atoms with Gasteiger partial charge in [-0.25, -0.2) is 8.78 Å². The highest BCUT2D eigenvalue weighted by atomic mass is 32.1. The Balaban J connectivity index is 0.00000289. The highest BCUT2D eigenvalue weighted by Crippen LogP contribution is 2.33. The third-order valence-electron chi connectivity index (χ3n) is 6.50. The number of aromatic nitrogens is 1. The van der Waals surface area contributed by atoms with Crippen LogP contribution in [0.15, 0.2) is 48.7 Å². The molecule has 2 aliphatic rings. The number of Topliss-reactive ketones (excluding diaryl/α,β-unsaturated/α-hetero) is 1. The number of carbonyl (C=O) groups is 2. The largest absolute Gasteiger partial charge is 0.384 e. The van der Waals surface area contributed by atoms with Crippen molar-refractivity contribution in [3.05, 3.63) is 59.8 Å². The number of rotatable bonds is 5. The second kappa shape index (κ2) is 9.62. The van der Waals surface area contributed by atoms with Crippen molar-refractivity contribution in [2.45, 2.75) is 37.6 Å². The average molecular weight is 495 g/mol. The molecule has 180 valence electrons. The summed E-state index contributed by atoms with van der Waals surface area (Å²) >= 11 is 0. The van der Waals surface area contributed by atoms with E-state index in [0.717, 1.165) is 34.7 Å². The number of halogens is 2. The number of nitrogens with one attached hydrogen (secondary N) is 1. The number of hydrogen-bond acceptors (Lipinski definition) is 5. The first-order valence-corrected chi connectivity index (χ1v) is 11.2. The number of carbonyl (C=O) groups excluding carboxylic acids is 2. The highest BCUT2D eigenvalue weighted by molar-refractivity contribution is 7.59. The Morgan fingerprint density at radius 2 is 1.91 bits per heavy atom. The average Bonchev–Trinajstić information content (AvgIpc) is 3.44. The highest BCUT2D eigenvalue weighted by Gasteiger charge is 2.47. The first kappa shape index (κ1) is 24.6. The number of amides is 1. The quantitative estimate of drug-likeness (QED) is 0.520. The summed E-state index contributed by atoms with van der Waals surface area (Å²) in [4.78, 5) is 30.8. The van der Waals surface area contributed by atoms with Gasteiger partial charge >= 0.3 is 0 Å². The van der Waals surface area contributed by atoms with E-state index in [-0.39, 0.29) is 32.1 Å². The molecule has 1 fully saturated rings. The van der Waals surface area contributed by atoms with E-state index in [1.165, 1.54) is 5.56 Å². The lowest BCUT2D eigenvalue weighted by Crippen LogP contribution is -2.36. The van der Waals surface area contributed by atoms with E-state index in [9.17, 15) is 18.4 Å². The third-order valence-corrected chi connectivity index (χ3v) is 6.50. The maximum atomic E-state index is 13.7. The lowest BCUT2D eigenvalue weighted by molar-refractivity contribution is -0.132. The second-order valence-electron chi connectivity index (χ2n) is 8.79. The second-order valence-corrected chi connectivity index (χ2v) is 8.79. The predicted octanol–water partition coefficient (Wildman–Crippen LogP) is 4.71. The van der Waals surface area contributed by atoms with Crippen LogP contribution in [0.2, 0.25) is 0 Å². The zero-order chi connectivity index (χ0) is 23.9. The molecule has 9 heteroatoms. The molecule has 1 atom stereocenters. The molecule has 3 heterocycles. The van der Waals surface area contributed by atoms with Gasteiger partial charge in [0, 0.05) is 48.6 Å². The molecule has 2 aliphatic heterocycles. The number of nitriles is 1. The molecular weight excluding hydrogens is 470 g/mol. The molecule has 1 saturated heterocycles. The van der Waals surface area contributed by atoms with Crippen molar-refractivity contribution in [1.82, 2.24) is 9.88 Å². The zero-order valence-corrected chi connectivity index (χ0v) is 19.9. The SMILES string of the molecule is N#C[C@@H]1CC(F)(F)CN1C(=O)CCC(=O)c1ccnc2ccc(-c3ccc4c(c3)CCN4)cc12.S. The van der Waals surface area contributed by atoms with Crippen LogP contribution >= 0.6 is 13.5 Å². The number of ketones is 1. The van der Waals surface area contributed by atoms with Gasteiger partial charge in [0.2, 0.25) is 5.91 Å². The van der Waals surface area contributed by atoms with Crippen LogP contribution in [0, 0.1) is 11.3 Å². The summed E-state index contributed by atoms with van der Waals surface area (Å²) in [5.41, 5.74) is 5.48. The molecule has 0 bridgehead atoms. The van der Waals surface area contributed by atoms with Gasteiger partial charge in [-0.05, 0) is 53.4 Å². The Kier molecular flexibility index (Phi) is 6.77. The van der Waals surface area contributed by atoms with E-state index < -0.39 is 30.8 Å². The minimum absolute atomic E-state index is 0. The molecule has 35 heavy (non-hydrogen) atoms. The van der Waals surface area contributed by atoms with Crippen molar-refractivity contribution in [2.24, 2.45) is 0 Å². The van der Waals surface area contributed by atoms with E-state index in [1.807, 2.05) is 24.3 Å². The monoisotopic (exact) mass is 494 g/mol. The Labute approximate surface area is 208 Å². The van der Waals surface area contributed by atoms with Gasteiger partial charge in [0.1, 0.15) is 6.04 Å². The van der Waals surface area contributed by atoms with Crippen LogP contribution in [0.25, 0.3) is 22.0 Å². The standard InChI is InChI=1S/C26H22F2N4O2.H2S/c27-26(28)13-19(14-29)32(15-26)25(34)6-5-24(33)20-8-10-31-23-4-2-17(12-21(20)23)16-1-3-22-18(11-16)7-9-30-22;/h1-4,8,10-12,19,30H,5-7,9,13,15H2;1H2/t19-;/m0./s1. The van der Waals surface area contributed by atoms with Crippen LogP contribution in [-0.4, -0.2) is 46.6 Å². The van der Waals surface area contributed by atoms with Crippen LogP contribution < -0.4 is 5.32 Å². The van der Waals surface area contributed by atoms with Crippen LogP contribution in [0.1, 0.15) is 35.2 Å². The van der Waals surface area contributed by atoms with Gasteiger partial charge in [-0.2, -0.15) is 18.8 Å². The van der Waals surface area contributed by atoms with Gasteiger partial charge in [0.05, 0.1) is 18.1 Å². The first-order valence-electron chi connectivity index (χ1n) is 11.2. The molecule has 0 saturated carbocycles. The summed E-state index contributed by atoms with van der Waals surface area (Å²) in [6, 6.07) is 14.2. The van der Waals surface area contributed by atoms with E-state index in [0.29, 0.717) is 16.5 Å². The Hall–Kier alpha value is -3.51. The third kappa shape index (κ3) is 4.84. The molecule has 3 aromatic rings. The number of benzene rings is 2. The fraction of sp³-hybridized carbons (Fsp3) is 0.308. The summed E-state index contributed by atoms with van der Waals surface area (Å²) in [5, 5.41) is 13.1. The van der Waals surface area contributed by atoms with Crippen molar-refractivity contribution < 1.29 is 18.4 Å². The molecule has 0 unspecified atom stereocenters. The van der Waals surface area contributed by atoms with Crippen molar-refractivity contribution in [2.75, 3.05) is 18.4 Å². The fourth-order valence-corrected chi connectivity index (χ4v) is 4.75. The molecule has 1 amide bonds. The van der Waals surface area contributed by atoms with Crippen molar-refractivity contribution in [3.8, 4) is 17.2 Å². The number of nitrogens with zero attached hydrogens (tertiary/aromatic N) is 3. The minimum atomic E-state index is -3.08. The molecule has 6 nitrogen and oxygen atoms in total. The van der Waals surface area contributed by atoms with Gasteiger partial charge in [-0.3, -0.25) is 14.6 Å². The van der Waals surface area contributed by atoms with Crippen LogP contribution in [-0.2, 0) is 11.2 Å². The molecular formula is C26H24F2N4O2S. The van der Waals surface area contributed by atoms with Gasteiger partial charge < -0.3 is 10.2 Å². The first-order chi connectivity index (χ1) is 16.3. The summed E-state index contributed by atoms with van der Waals surface area (Å²) in [5.74, 6) is -3.95. The molecule has 5 rings (SSSR count). The maximum Gasteiger partial charge on any atom is 0.268 e. The van der Waals surface area contributed by atoms with E-state index >= 15 is 0 Å². The molecule has 1 aromatic heterocycles. The van der Waals surface area contributed by atoms with Gasteiger partial charge in [-0.1, -0.05) is 12.1 Å². The minimum Gasteiger partial charge on any atom is -0.384 e. The fourth-order valence-electron chi connectivity index (χ4n) is 4.75. The van der Waals surface area contributed by atoms with E-state index in [1.54, 1.807) is 18.3 Å². The number of alkyl halides is 2. The van der Waals surface area contributed by atoms with E-state index in [4.69, 9.17) is 5.26 Å². The van der Waals surface area contributed by atoms with Crippen LogP contribution in [0.3, 0.4) is 0 Å². The number of anilines is 1. The van der Waals surface area contributed by atoms with Crippen molar-refractivity contribution >= 4 is 41.8 Å². The number of pyridine rings is 1. The van der Waals surface area contributed by atoms with Gasteiger partial charge in [0.15, 0.2) is 5.78 Å². The number of hydrogen-bond donors (Lipinski definition) is 1. The Morgan fingerprint density at radius 1 is 1.14 bits per heavy atom. The zero-order valence-electron chi connectivity index (χ0n) is 18.9. The van der Waals surface area contributed by atoms with Gasteiger partial charge in [0.25, 0.3) is 5.92 Å². The van der Waals surface area contributed by atoms with Crippen LogP contribution in [0.4, 0.5) is 14.5 Å². The Morgan fingerprint density at radius 3 is 2.71 bits per heavy atom. The molecule has 0 radical (unpaired) electrons. The summed E-state index contributed by atoms with van der Waals surface area (Å²) in [6.45, 7) is 0.137. The topological polar surface area (TPSA) is 86.1 Å². The Bertz CT molecular complexity index is 1350. The molecule has 0 aliphatic carbocycles. The summed E-state index contributed by atoms with van der Waals surface area (Å²) in [7, 11) is 0. The predicted molar refractivity (Wildman–Crippen MR) is 134 cm³/mol. The molecule has 2 aromatic carbocycles. The lowest BCUT2D eigenvalue weighted by atomic mass is 9.96. The smallest absolute Gasteiger partial charge is 0.268 e. The molecule has 0 spiro atoms. The summed E-state index contributed by atoms with van der Waals surface area (Å²) in [6.07, 6.45) is 1.48. The van der Waals surface area contributed by atoms with Crippen LogP contribution in [0.5, 0.6) is 0 Å². The van der Waals surface area contributed by atoms with E-state index in [2.05, 4.69) is 22.4 Å². The maximum absolute atomic E-state index is 13.7. The normalized spacial score (nSPS) is 17.9. The van der Waals surface area contributed by atoms with Crippen molar-refractivity contribution in [1.29, 1.82) is 5.26 Å². The number of likely N-dealkylation sites (tertiary alicyclic amines) is 1. The molecule has 1 N–H and O–H groups in total. The summed E-state index contributed by atoms with van der Waals surface area (Å²) < 4.78 is 27.3. The lowest BCUT2D eigenvalue weighted by Gasteiger charge is -2.18.